The van der Waals surface area contributed by atoms with E-state index in [9.17, 15) is 9.36 Å². The fraction of sp³-hybridized carbons (Fsp3) is 0.208. The number of carboxylic acid groups (broad SMARTS) is 1. The number of nitrogens with one attached hydrogen (secondary N) is 1. The van der Waals surface area contributed by atoms with Crippen LogP contribution >= 0.6 is 7.82 Å². The van der Waals surface area contributed by atoms with Gasteiger partial charge in [0.1, 0.15) is 17.2 Å². The molecule has 7 nitrogen and oxygen atoms in total. The highest BCUT2D eigenvalue weighted by atomic mass is 31.2. The van der Waals surface area contributed by atoms with Crippen molar-refractivity contribution in [2.75, 3.05) is 13.6 Å². The summed E-state index contributed by atoms with van der Waals surface area (Å²) in [6.45, 7) is 5.94. The minimum Gasteiger partial charge on any atom is -0.480 e. The minimum absolute atomic E-state index is 0.0417. The number of aliphatic carboxylic acids is 1. The van der Waals surface area contributed by atoms with Gasteiger partial charge in [-0.2, -0.15) is 4.57 Å². The first-order valence-electron chi connectivity index (χ1n) is 9.94. The van der Waals surface area contributed by atoms with Crippen molar-refractivity contribution in [1.29, 1.82) is 0 Å². The molecule has 0 fully saturated rings. The molecule has 0 radical (unpaired) electrons. The van der Waals surface area contributed by atoms with Crippen LogP contribution in [0.5, 0.6) is 17.2 Å². The topological polar surface area (TPSA) is 94.1 Å². The molecule has 0 aliphatic heterocycles. The van der Waals surface area contributed by atoms with Gasteiger partial charge in [0.15, 0.2) is 0 Å². The van der Waals surface area contributed by atoms with Crippen molar-refractivity contribution in [3.63, 3.8) is 0 Å². The lowest BCUT2D eigenvalue weighted by Gasteiger charge is -2.19. The Morgan fingerprint density at radius 2 is 1.00 bits per heavy atom. The Kier molecular flexibility index (Phi) is 9.32. The van der Waals surface area contributed by atoms with Crippen molar-refractivity contribution in [3.05, 3.63) is 89.5 Å². The zero-order valence-electron chi connectivity index (χ0n) is 18.6. The van der Waals surface area contributed by atoms with Crippen molar-refractivity contribution >= 4 is 13.8 Å². The van der Waals surface area contributed by atoms with Gasteiger partial charge >= 0.3 is 13.8 Å². The second-order valence-electron chi connectivity index (χ2n) is 7.08. The average molecular weight is 457 g/mol. The van der Waals surface area contributed by atoms with Crippen LogP contribution in [0.2, 0.25) is 0 Å². The van der Waals surface area contributed by atoms with Crippen LogP contribution in [0.4, 0.5) is 0 Å². The monoisotopic (exact) mass is 457 g/mol. The molecule has 0 saturated heterocycles. The summed E-state index contributed by atoms with van der Waals surface area (Å²) in [4.78, 5) is 9.54. The summed E-state index contributed by atoms with van der Waals surface area (Å²) in [6, 6.07) is 21.6. The van der Waals surface area contributed by atoms with Crippen LogP contribution < -0.4 is 18.9 Å². The van der Waals surface area contributed by atoms with E-state index in [1.54, 1.807) is 43.4 Å². The molecule has 0 atom stereocenters. The Hall–Kier alpha value is -3.28. The molecule has 0 unspecified atom stereocenters. The Labute approximate surface area is 188 Å². The third-order valence-corrected chi connectivity index (χ3v) is 5.35. The zero-order chi connectivity index (χ0) is 23.6. The lowest BCUT2D eigenvalue weighted by molar-refractivity contribution is -0.135. The summed E-state index contributed by atoms with van der Waals surface area (Å²) in [7, 11) is -2.34. The minimum atomic E-state index is -3.93. The van der Waals surface area contributed by atoms with Crippen LogP contribution in [-0.4, -0.2) is 24.7 Å². The number of rotatable bonds is 8. The number of hydrogen-bond acceptors (Lipinski definition) is 6. The summed E-state index contributed by atoms with van der Waals surface area (Å²) in [5, 5.41) is 10.3. The number of carboxylic acids is 1. The van der Waals surface area contributed by atoms with Crippen molar-refractivity contribution < 1.29 is 28.0 Å². The first kappa shape index (κ1) is 25.0. The summed E-state index contributed by atoms with van der Waals surface area (Å²) in [6.07, 6.45) is 0. The first-order valence-corrected chi connectivity index (χ1v) is 11.4. The smallest absolute Gasteiger partial charge is 0.480 e. The van der Waals surface area contributed by atoms with Gasteiger partial charge in [-0.1, -0.05) is 53.1 Å². The highest BCUT2D eigenvalue weighted by molar-refractivity contribution is 7.49. The van der Waals surface area contributed by atoms with Gasteiger partial charge in [0.25, 0.3) is 0 Å². The molecule has 0 aliphatic rings. The zero-order valence-corrected chi connectivity index (χ0v) is 19.5. The fourth-order valence-electron chi connectivity index (χ4n) is 2.39. The summed E-state index contributed by atoms with van der Waals surface area (Å²) >= 11 is 0. The van der Waals surface area contributed by atoms with E-state index in [0.717, 1.165) is 16.7 Å². The Morgan fingerprint density at radius 3 is 1.19 bits per heavy atom. The Bertz CT molecular complexity index is 911. The maximum absolute atomic E-state index is 13.3. The number of hydrogen-bond donors (Lipinski definition) is 2. The second-order valence-corrected chi connectivity index (χ2v) is 8.53. The maximum atomic E-state index is 13.3. The number of benzene rings is 3. The molecule has 170 valence electrons. The van der Waals surface area contributed by atoms with Crippen LogP contribution in [0.3, 0.4) is 0 Å². The molecule has 0 aliphatic carbocycles. The third kappa shape index (κ3) is 8.84. The molecule has 32 heavy (non-hydrogen) atoms. The molecule has 3 aromatic rings. The summed E-state index contributed by atoms with van der Waals surface area (Å²) < 4.78 is 30.2. The molecule has 0 saturated carbocycles. The van der Waals surface area contributed by atoms with Crippen molar-refractivity contribution in [1.82, 2.24) is 5.32 Å². The van der Waals surface area contributed by atoms with Gasteiger partial charge in [-0.15, -0.1) is 0 Å². The van der Waals surface area contributed by atoms with Gasteiger partial charge in [-0.05, 0) is 64.2 Å². The van der Waals surface area contributed by atoms with Gasteiger partial charge < -0.3 is 24.0 Å². The van der Waals surface area contributed by atoms with Crippen LogP contribution in [0.1, 0.15) is 16.7 Å². The Balaban J connectivity index is 0.000000534. The van der Waals surface area contributed by atoms with Gasteiger partial charge in [-0.25, -0.2) is 0 Å². The number of aryl methyl sites for hydroxylation is 3. The van der Waals surface area contributed by atoms with Gasteiger partial charge in [0, 0.05) is 0 Å². The van der Waals surface area contributed by atoms with Crippen molar-refractivity contribution in [2.24, 2.45) is 0 Å². The molecule has 2 N–H and O–H groups in total. The SMILES string of the molecule is CNCC(=O)O.Cc1ccc(OP(=O)(Oc2ccc(C)cc2)Oc2ccc(C)cc2)cc1. The van der Waals surface area contributed by atoms with E-state index in [-0.39, 0.29) is 6.54 Å². The fourth-order valence-corrected chi connectivity index (χ4v) is 3.64. The predicted octanol–water partition coefficient (Wildman–Crippen LogP) is 5.55. The van der Waals surface area contributed by atoms with Gasteiger partial charge in [0.2, 0.25) is 0 Å². The number of likely N-dealkylation sites (N-methyl/N-ethyl adjacent to an activating group) is 1. The van der Waals surface area contributed by atoms with E-state index in [4.69, 9.17) is 18.7 Å². The average Bonchev–Trinajstić information content (AvgIpc) is 2.74. The van der Waals surface area contributed by atoms with Gasteiger partial charge in [0.05, 0.1) is 6.54 Å². The molecule has 0 amide bonds. The summed E-state index contributed by atoms with van der Waals surface area (Å²) in [5.74, 6) is 0.423. The Morgan fingerprint density at radius 1 is 0.719 bits per heavy atom. The lowest BCUT2D eigenvalue weighted by atomic mass is 10.2. The molecule has 0 heterocycles. The van der Waals surface area contributed by atoms with E-state index in [1.165, 1.54) is 0 Å². The molecule has 3 aromatic carbocycles. The maximum Gasteiger partial charge on any atom is 0.647 e. The van der Waals surface area contributed by atoms with Crippen LogP contribution in [-0.2, 0) is 9.36 Å². The second kappa shape index (κ2) is 11.9. The van der Waals surface area contributed by atoms with Crippen LogP contribution in [0.15, 0.2) is 72.8 Å². The van der Waals surface area contributed by atoms with E-state index in [0.29, 0.717) is 17.2 Å². The largest absolute Gasteiger partial charge is 0.647 e. The van der Waals surface area contributed by atoms with E-state index >= 15 is 0 Å². The van der Waals surface area contributed by atoms with E-state index < -0.39 is 13.8 Å². The van der Waals surface area contributed by atoms with E-state index in [2.05, 4.69) is 5.32 Å². The summed E-state index contributed by atoms with van der Waals surface area (Å²) in [5.41, 5.74) is 3.23. The van der Waals surface area contributed by atoms with Crippen LogP contribution in [0.25, 0.3) is 0 Å². The number of phosphoric ester groups is 1. The standard InChI is InChI=1S/C21H21O4P.C3H7NO2/c1-16-4-10-19(11-5-16)23-26(22,24-20-12-6-17(2)7-13-20)25-21-14-8-18(3)9-15-21;1-4-2-3(5)6/h4-15H,1-3H3;4H,2H2,1H3,(H,5,6). The molecule has 0 aromatic heterocycles. The quantitative estimate of drug-likeness (QED) is 0.429. The van der Waals surface area contributed by atoms with Gasteiger partial charge in [-0.3, -0.25) is 4.79 Å². The third-order valence-electron chi connectivity index (χ3n) is 4.04. The van der Waals surface area contributed by atoms with Crippen LogP contribution in [0, 0.1) is 20.8 Å². The first-order chi connectivity index (χ1) is 15.2. The number of phosphoric acid groups is 1. The predicted molar refractivity (Wildman–Crippen MR) is 125 cm³/mol. The van der Waals surface area contributed by atoms with E-state index in [1.807, 2.05) is 57.2 Å². The molecule has 3 rings (SSSR count). The molecular formula is C24H28NO6P. The lowest BCUT2D eigenvalue weighted by Crippen LogP contribution is -2.16. The molecular weight excluding hydrogens is 429 g/mol. The van der Waals surface area contributed by atoms with Crippen molar-refractivity contribution in [2.45, 2.75) is 20.8 Å². The molecule has 8 heteroatoms. The van der Waals surface area contributed by atoms with Crippen molar-refractivity contribution in [3.8, 4) is 17.2 Å². The highest BCUT2D eigenvalue weighted by Crippen LogP contribution is 2.49. The number of carbonyl (C=O) groups is 1. The molecule has 0 bridgehead atoms. The highest BCUT2D eigenvalue weighted by Gasteiger charge is 2.33. The molecule has 0 spiro atoms. The normalized spacial score (nSPS) is 10.5.